The van der Waals surface area contributed by atoms with Crippen LogP contribution >= 0.6 is 0 Å². The molecule has 1 fully saturated rings. The van der Waals surface area contributed by atoms with Crippen molar-refractivity contribution >= 4 is 11.5 Å². The van der Waals surface area contributed by atoms with Crippen LogP contribution in [0, 0.1) is 6.92 Å². The van der Waals surface area contributed by atoms with Crippen molar-refractivity contribution < 1.29 is 15.1 Å². The second kappa shape index (κ2) is 5.90. The van der Waals surface area contributed by atoms with Gasteiger partial charge in [-0.2, -0.15) is 0 Å². The minimum Gasteiger partial charge on any atom is -0.409 e. The number of hydrogen-bond acceptors (Lipinski definition) is 5. The highest BCUT2D eigenvalue weighted by Gasteiger charge is 2.26. The highest BCUT2D eigenvalue weighted by Crippen LogP contribution is 2.28. The van der Waals surface area contributed by atoms with Crippen LogP contribution in [0.1, 0.15) is 11.1 Å². The predicted octanol–water partition coefficient (Wildman–Crippen LogP) is 0.287. The Bertz CT molecular complexity index is 476. The third-order valence-corrected chi connectivity index (χ3v) is 3.35. The molecule has 0 spiro atoms. The molecule has 1 saturated heterocycles. The van der Waals surface area contributed by atoms with Gasteiger partial charge in [0, 0.05) is 12.1 Å². The van der Waals surface area contributed by atoms with Crippen molar-refractivity contribution in [3.8, 4) is 0 Å². The lowest BCUT2D eigenvalue weighted by molar-refractivity contribution is 0.0726. The smallest absolute Gasteiger partial charge is 0.172 e. The number of anilines is 1. The molecule has 104 valence electrons. The Kier molecular flexibility index (Phi) is 4.24. The topological polar surface area (TPSA) is 91.3 Å². The van der Waals surface area contributed by atoms with E-state index in [9.17, 15) is 5.11 Å². The molecule has 1 aromatic rings. The van der Waals surface area contributed by atoms with Crippen molar-refractivity contribution in [2.75, 3.05) is 31.3 Å². The van der Waals surface area contributed by atoms with Crippen LogP contribution < -0.4 is 10.6 Å². The van der Waals surface area contributed by atoms with Crippen LogP contribution in [0.5, 0.6) is 0 Å². The first-order valence-corrected chi connectivity index (χ1v) is 6.21. The lowest BCUT2D eigenvalue weighted by atomic mass is 10.0. The van der Waals surface area contributed by atoms with Gasteiger partial charge in [0.2, 0.25) is 0 Å². The van der Waals surface area contributed by atoms with Gasteiger partial charge in [-0.05, 0) is 18.6 Å². The molecule has 0 aliphatic carbocycles. The summed E-state index contributed by atoms with van der Waals surface area (Å²) in [6.45, 7) is 3.71. The average molecular weight is 265 g/mol. The largest absolute Gasteiger partial charge is 0.409 e. The maximum atomic E-state index is 9.47. The van der Waals surface area contributed by atoms with Gasteiger partial charge in [-0.3, -0.25) is 0 Å². The maximum Gasteiger partial charge on any atom is 0.172 e. The number of aryl methyl sites for hydroxylation is 1. The van der Waals surface area contributed by atoms with Crippen LogP contribution in [-0.4, -0.2) is 48.6 Å². The molecule has 0 aromatic heterocycles. The van der Waals surface area contributed by atoms with E-state index in [1.54, 1.807) is 6.07 Å². The summed E-state index contributed by atoms with van der Waals surface area (Å²) in [5.74, 6) is 0.0712. The average Bonchev–Trinajstić information content (AvgIpc) is 2.46. The van der Waals surface area contributed by atoms with Gasteiger partial charge in [-0.25, -0.2) is 0 Å². The number of aliphatic hydroxyl groups is 1. The molecule has 1 atom stereocenters. The number of oxime groups is 1. The lowest BCUT2D eigenvalue weighted by Crippen LogP contribution is -2.48. The third-order valence-electron chi connectivity index (χ3n) is 3.35. The minimum atomic E-state index is -0.111. The van der Waals surface area contributed by atoms with Gasteiger partial charge in [0.1, 0.15) is 0 Å². The van der Waals surface area contributed by atoms with Crippen LogP contribution in [0.3, 0.4) is 0 Å². The molecule has 0 radical (unpaired) electrons. The van der Waals surface area contributed by atoms with Crippen LogP contribution in [0.2, 0.25) is 0 Å². The number of rotatable bonds is 3. The van der Waals surface area contributed by atoms with E-state index >= 15 is 0 Å². The van der Waals surface area contributed by atoms with Gasteiger partial charge in [0.25, 0.3) is 0 Å². The fourth-order valence-corrected chi connectivity index (χ4v) is 2.40. The molecule has 0 bridgehead atoms. The van der Waals surface area contributed by atoms with E-state index in [4.69, 9.17) is 15.7 Å². The summed E-state index contributed by atoms with van der Waals surface area (Å²) in [4.78, 5) is 2.06. The normalized spacial score (nSPS) is 20.6. The molecule has 1 aliphatic heterocycles. The molecule has 6 heteroatoms. The van der Waals surface area contributed by atoms with E-state index in [2.05, 4.69) is 10.1 Å². The number of nitrogens with zero attached hydrogens (tertiary/aromatic N) is 2. The van der Waals surface area contributed by atoms with Crippen LogP contribution in [-0.2, 0) is 4.74 Å². The number of benzene rings is 1. The number of amidine groups is 1. The van der Waals surface area contributed by atoms with Gasteiger partial charge < -0.3 is 25.7 Å². The van der Waals surface area contributed by atoms with Crippen LogP contribution in [0.25, 0.3) is 0 Å². The molecule has 1 aromatic carbocycles. The van der Waals surface area contributed by atoms with Crippen molar-refractivity contribution in [1.82, 2.24) is 0 Å². The zero-order valence-electron chi connectivity index (χ0n) is 10.9. The Hall–Kier alpha value is -1.79. The molecule has 1 unspecified atom stereocenters. The van der Waals surface area contributed by atoms with Crippen molar-refractivity contribution in [3.05, 3.63) is 29.3 Å². The van der Waals surface area contributed by atoms with Gasteiger partial charge in [-0.1, -0.05) is 17.3 Å². The second-order valence-electron chi connectivity index (χ2n) is 4.56. The second-order valence-corrected chi connectivity index (χ2v) is 4.56. The predicted molar refractivity (Wildman–Crippen MR) is 72.7 cm³/mol. The number of nitrogens with two attached hydrogens (primary N) is 1. The fourth-order valence-electron chi connectivity index (χ4n) is 2.40. The first-order chi connectivity index (χ1) is 9.19. The maximum absolute atomic E-state index is 9.47. The third kappa shape index (κ3) is 2.64. The monoisotopic (exact) mass is 265 g/mol. The van der Waals surface area contributed by atoms with Crippen LogP contribution in [0.15, 0.2) is 23.4 Å². The molecule has 0 amide bonds. The first-order valence-electron chi connectivity index (χ1n) is 6.21. The Morgan fingerprint density at radius 3 is 3.05 bits per heavy atom. The van der Waals surface area contributed by atoms with Gasteiger partial charge in [0.15, 0.2) is 5.84 Å². The SMILES string of the molecule is Cc1cccc(/C(N)=N/O)c1N1CCOCC1CO. The molecular weight excluding hydrogens is 246 g/mol. The molecule has 19 heavy (non-hydrogen) atoms. The zero-order chi connectivity index (χ0) is 13.8. The summed E-state index contributed by atoms with van der Waals surface area (Å²) < 4.78 is 5.38. The molecule has 6 nitrogen and oxygen atoms in total. The summed E-state index contributed by atoms with van der Waals surface area (Å²) in [6.07, 6.45) is 0. The van der Waals surface area contributed by atoms with E-state index in [0.29, 0.717) is 25.3 Å². The molecule has 4 N–H and O–H groups in total. The Morgan fingerprint density at radius 1 is 1.58 bits per heavy atom. The van der Waals surface area contributed by atoms with Crippen molar-refractivity contribution in [3.63, 3.8) is 0 Å². The van der Waals surface area contributed by atoms with Crippen molar-refractivity contribution in [2.45, 2.75) is 13.0 Å². The highest BCUT2D eigenvalue weighted by molar-refractivity contribution is 6.02. The van der Waals surface area contributed by atoms with Gasteiger partial charge in [-0.15, -0.1) is 0 Å². The van der Waals surface area contributed by atoms with Crippen molar-refractivity contribution in [2.24, 2.45) is 10.9 Å². The summed E-state index contributed by atoms with van der Waals surface area (Å²) in [7, 11) is 0. The summed E-state index contributed by atoms with van der Waals surface area (Å²) in [6, 6.07) is 5.52. The van der Waals surface area contributed by atoms with E-state index < -0.39 is 0 Å². The molecule has 2 rings (SSSR count). The summed E-state index contributed by atoms with van der Waals surface area (Å²) >= 11 is 0. The summed E-state index contributed by atoms with van der Waals surface area (Å²) in [5, 5.41) is 21.4. The molecule has 0 saturated carbocycles. The number of morpholine rings is 1. The van der Waals surface area contributed by atoms with Crippen LogP contribution in [0.4, 0.5) is 5.69 Å². The van der Waals surface area contributed by atoms with E-state index in [1.807, 2.05) is 19.1 Å². The Balaban J connectivity index is 2.47. The quantitative estimate of drug-likeness (QED) is 0.316. The number of aliphatic hydroxyl groups excluding tert-OH is 1. The molecule has 1 aliphatic rings. The lowest BCUT2D eigenvalue weighted by Gasteiger charge is -2.38. The summed E-state index contributed by atoms with van der Waals surface area (Å²) in [5.41, 5.74) is 8.31. The minimum absolute atomic E-state index is 0.00392. The van der Waals surface area contributed by atoms with Crippen molar-refractivity contribution in [1.29, 1.82) is 0 Å². The van der Waals surface area contributed by atoms with E-state index in [-0.39, 0.29) is 18.5 Å². The van der Waals surface area contributed by atoms with E-state index in [0.717, 1.165) is 11.3 Å². The number of hydrogen-bond donors (Lipinski definition) is 3. The van der Waals surface area contributed by atoms with E-state index in [1.165, 1.54) is 0 Å². The molecular formula is C13H19N3O3. The standard InChI is InChI=1S/C13H19N3O3/c1-9-3-2-4-11(13(14)15-18)12(9)16-5-6-19-8-10(16)7-17/h2-4,10,17-18H,5-8H2,1H3,(H2,14,15). The van der Waals surface area contributed by atoms with Gasteiger partial charge >= 0.3 is 0 Å². The number of para-hydroxylation sites is 1. The number of ether oxygens (including phenoxy) is 1. The zero-order valence-corrected chi connectivity index (χ0v) is 10.9. The van der Waals surface area contributed by atoms with Gasteiger partial charge in [0.05, 0.1) is 31.5 Å². The first kappa shape index (κ1) is 13.6. The fraction of sp³-hybridized carbons (Fsp3) is 0.462. The molecule has 1 heterocycles. The Morgan fingerprint density at radius 2 is 2.37 bits per heavy atom. The Labute approximate surface area is 112 Å². The highest BCUT2D eigenvalue weighted by atomic mass is 16.5.